The lowest BCUT2D eigenvalue weighted by Crippen LogP contribution is -2.18. The summed E-state index contributed by atoms with van der Waals surface area (Å²) in [6, 6.07) is 38.9. The largest absolute Gasteiger partial charge is 0.444 e. The van der Waals surface area contributed by atoms with Crippen LogP contribution in [-0.2, 0) is 41.0 Å². The van der Waals surface area contributed by atoms with Gasteiger partial charge in [-0.1, -0.05) is 53.6 Å². The lowest BCUT2D eigenvalue weighted by atomic mass is 10.0. The van der Waals surface area contributed by atoms with E-state index in [0.29, 0.717) is 51.2 Å². The molecule has 2 heterocycles. The maximum absolute atomic E-state index is 13.7. The van der Waals surface area contributed by atoms with Crippen molar-refractivity contribution in [3.8, 4) is 5.75 Å². The molecule has 414 valence electrons. The predicted molar refractivity (Wildman–Crippen MR) is 300 cm³/mol. The number of amides is 2. The molecule has 0 fully saturated rings. The summed E-state index contributed by atoms with van der Waals surface area (Å²) < 4.78 is 88.5. The molecule has 10 rings (SSSR count). The fourth-order valence-corrected chi connectivity index (χ4v) is 9.72. The molecule has 10 aromatic rings. The number of aromatic nitrogens is 4. The first-order valence-electron chi connectivity index (χ1n) is 23.5. The van der Waals surface area contributed by atoms with Crippen LogP contribution in [0.4, 0.5) is 78.4 Å². The van der Waals surface area contributed by atoms with Crippen LogP contribution in [0.1, 0.15) is 5.56 Å². The number of carbonyl (C=O) groups excluding carboxylic acids is 2. The molecule has 0 atom stereocenters. The third kappa shape index (κ3) is 12.9. The number of nitrogen functional groups attached to an aromatic ring is 2. The fourth-order valence-electron chi connectivity index (χ4n) is 7.89. The summed E-state index contributed by atoms with van der Waals surface area (Å²) in [7, 11) is -10.2. The van der Waals surface area contributed by atoms with Gasteiger partial charge in [0.2, 0.25) is 11.9 Å². The highest BCUT2D eigenvalue weighted by molar-refractivity contribution is 7.94. The molecule has 12 N–H and O–H groups in total. The number of imidazole rings is 2. The Morgan fingerprint density at radius 3 is 1.87 bits per heavy atom. The van der Waals surface area contributed by atoms with Crippen LogP contribution < -0.4 is 32.2 Å². The Balaban J connectivity index is 0.901. The third-order valence-electron chi connectivity index (χ3n) is 11.6. The van der Waals surface area contributed by atoms with Crippen molar-refractivity contribution in [3.63, 3.8) is 0 Å². The number of carbonyl (C=O) groups is 2. The number of hydrogen-bond acceptors (Lipinski definition) is 23. The van der Waals surface area contributed by atoms with Crippen LogP contribution in [0.5, 0.6) is 5.75 Å². The second kappa shape index (κ2) is 23.6. The SMILES string of the molecule is Nc1cc(COC(=O)Nc2nc3ccccc3[nH]2)ccc1N=Nc1ccc(Nc2ccc(N=Nc3c(SOOO)cc4cc(S(=O)(=O)O)c(N=Nc5ccccc5)c(OC(=O)Nc5nc6ccccc6[nH]5)c4c3N)cc2S(=O)(=O)O)cc1. The fraction of sp³-hybridized carbons (Fsp3) is 0.0196. The number of hydrogen-bond donors (Lipinski definition) is 10. The number of aromatic amines is 2. The van der Waals surface area contributed by atoms with Gasteiger partial charge in [-0.2, -0.15) is 32.2 Å². The lowest BCUT2D eigenvalue weighted by Gasteiger charge is -2.17. The first kappa shape index (κ1) is 55.1. The minimum Gasteiger partial charge on any atom is -0.444 e. The Hall–Kier alpha value is -10.3. The second-order valence-electron chi connectivity index (χ2n) is 17.1. The van der Waals surface area contributed by atoms with Gasteiger partial charge in [0, 0.05) is 5.69 Å². The van der Waals surface area contributed by atoms with Crippen molar-refractivity contribution in [2.75, 3.05) is 27.4 Å². The number of nitrogens with zero attached hydrogens (tertiary/aromatic N) is 8. The van der Waals surface area contributed by atoms with E-state index < -0.39 is 59.3 Å². The summed E-state index contributed by atoms with van der Waals surface area (Å²) in [6.45, 7) is -0.0981. The first-order chi connectivity index (χ1) is 39.4. The van der Waals surface area contributed by atoms with Crippen LogP contribution in [0, 0.1) is 0 Å². The van der Waals surface area contributed by atoms with Crippen molar-refractivity contribution in [1.29, 1.82) is 0 Å². The van der Waals surface area contributed by atoms with Crippen LogP contribution in [0.2, 0.25) is 0 Å². The molecule has 8 aromatic carbocycles. The van der Waals surface area contributed by atoms with E-state index in [1.807, 2.05) is 18.2 Å². The van der Waals surface area contributed by atoms with Crippen molar-refractivity contribution in [2.24, 2.45) is 30.7 Å². The number of benzene rings is 8. The van der Waals surface area contributed by atoms with Crippen molar-refractivity contribution < 1.29 is 59.6 Å². The van der Waals surface area contributed by atoms with Crippen molar-refractivity contribution in [3.05, 3.63) is 157 Å². The molecule has 0 unspecified atom stereocenters. The van der Waals surface area contributed by atoms with Gasteiger partial charge >= 0.3 is 12.2 Å². The molecule has 31 heteroatoms. The molecule has 2 aromatic heterocycles. The van der Waals surface area contributed by atoms with Gasteiger partial charge in [0.05, 0.1) is 78.5 Å². The second-order valence-corrected chi connectivity index (χ2v) is 20.6. The van der Waals surface area contributed by atoms with Gasteiger partial charge in [0.25, 0.3) is 20.2 Å². The molecule has 0 aliphatic heterocycles. The zero-order chi connectivity index (χ0) is 57.5. The Morgan fingerprint density at radius 2 is 1.22 bits per heavy atom. The zero-order valence-corrected chi connectivity index (χ0v) is 44.0. The number of azo groups is 3. The summed E-state index contributed by atoms with van der Waals surface area (Å²) in [6.07, 6.45) is -1.97. The summed E-state index contributed by atoms with van der Waals surface area (Å²) in [4.78, 5) is 38.9. The van der Waals surface area contributed by atoms with Crippen molar-refractivity contribution >= 4 is 146 Å². The van der Waals surface area contributed by atoms with Crippen LogP contribution in [0.25, 0.3) is 32.8 Å². The van der Waals surface area contributed by atoms with Crippen LogP contribution in [0.3, 0.4) is 0 Å². The van der Waals surface area contributed by atoms with Gasteiger partial charge in [-0.25, -0.2) is 24.8 Å². The maximum atomic E-state index is 13.7. The summed E-state index contributed by atoms with van der Waals surface area (Å²) in [5, 5.41) is 45.5. The Morgan fingerprint density at radius 1 is 0.622 bits per heavy atom. The van der Waals surface area contributed by atoms with E-state index in [0.717, 1.165) is 17.6 Å². The van der Waals surface area contributed by atoms with Crippen LogP contribution in [-0.4, -0.2) is 63.3 Å². The number of para-hydroxylation sites is 4. The lowest BCUT2D eigenvalue weighted by molar-refractivity contribution is -0.432. The van der Waals surface area contributed by atoms with Gasteiger partial charge in [-0.3, -0.25) is 19.7 Å². The predicted octanol–water partition coefficient (Wildman–Crippen LogP) is 13.0. The van der Waals surface area contributed by atoms with E-state index in [4.69, 9.17) is 26.2 Å². The normalized spacial score (nSPS) is 12.0. The molecular weight excluding hydrogens is 1130 g/mol. The molecule has 0 saturated carbocycles. The number of anilines is 6. The minimum atomic E-state index is -5.20. The highest BCUT2D eigenvalue weighted by Crippen LogP contribution is 2.50. The quantitative estimate of drug-likeness (QED) is 0.00952. The molecule has 2 amide bonds. The van der Waals surface area contributed by atoms with Crippen molar-refractivity contribution in [2.45, 2.75) is 21.3 Å². The Labute approximate surface area is 465 Å². The average Bonchev–Trinajstić information content (AvgIpc) is 4.21. The van der Waals surface area contributed by atoms with E-state index in [9.17, 15) is 35.5 Å². The van der Waals surface area contributed by atoms with E-state index in [2.05, 4.69) is 75.9 Å². The number of fused-ring (bicyclic) bond motifs is 3. The van der Waals surface area contributed by atoms with E-state index in [1.54, 1.807) is 91.0 Å². The molecular formula is C51H39N15O13S3. The average molecular weight is 1170 g/mol. The van der Waals surface area contributed by atoms with Crippen LogP contribution >= 0.6 is 12.0 Å². The number of rotatable bonds is 18. The monoisotopic (exact) mass is 1170 g/mol. The van der Waals surface area contributed by atoms with E-state index >= 15 is 0 Å². The number of nitrogens with two attached hydrogens (primary N) is 2. The first-order valence-corrected chi connectivity index (χ1v) is 27.1. The minimum absolute atomic E-state index is 0.0702. The van der Waals surface area contributed by atoms with Gasteiger partial charge in [0.15, 0.2) is 11.4 Å². The molecule has 0 aliphatic rings. The molecule has 28 nitrogen and oxygen atoms in total. The van der Waals surface area contributed by atoms with Gasteiger partial charge in [-0.15, -0.1) is 19.7 Å². The van der Waals surface area contributed by atoms with Gasteiger partial charge < -0.3 is 36.2 Å². The smallest absolute Gasteiger partial charge is 0.419 e. The number of ether oxygens (including phenoxy) is 2. The molecule has 0 radical (unpaired) electrons. The number of H-pyrrole nitrogens is 2. The highest BCUT2D eigenvalue weighted by Gasteiger charge is 2.29. The van der Waals surface area contributed by atoms with E-state index in [-0.39, 0.29) is 62.6 Å². The summed E-state index contributed by atoms with van der Waals surface area (Å²) in [5.74, 6) is -0.500. The molecule has 0 spiro atoms. The summed E-state index contributed by atoms with van der Waals surface area (Å²) >= 11 is 0.303. The maximum Gasteiger partial charge on any atom is 0.419 e. The topological polar surface area (TPSA) is 420 Å². The Bertz CT molecular complexity index is 4370. The van der Waals surface area contributed by atoms with Crippen LogP contribution in [0.15, 0.2) is 197 Å². The molecule has 0 bridgehead atoms. The Kier molecular flexibility index (Phi) is 15.9. The zero-order valence-electron chi connectivity index (χ0n) is 41.5. The van der Waals surface area contributed by atoms with Crippen molar-refractivity contribution in [1.82, 2.24) is 19.9 Å². The third-order valence-corrected chi connectivity index (χ3v) is 13.9. The molecule has 0 aliphatic carbocycles. The molecule has 0 saturated heterocycles. The standard InChI is InChI=1S/C51H39N15O13S3/c52-33-22-27(26-76-50(67)59-48-55-35-10-4-5-11-36(35)56-48)14-20-34(33)64-61-31-17-15-29(16-18-31)54-39-21-19-32(25-41(39)81(70,71)72)63-65-45-40(80-79-78-69)23-28-24-42(82(73,74)75)46(66-62-30-8-2-1-3-9-30)47(43(28)44(45)53)77-51(68)60-49-57-37-12-6-7-13-38(37)58-49/h1-25,54,69H,26,52-53H2,(H,70,71,72)(H,73,74,75)(H2,55,56,59,67)(H2,57,58,60,68). The highest BCUT2D eigenvalue weighted by atomic mass is 32.2. The summed E-state index contributed by atoms with van der Waals surface area (Å²) in [5.41, 5.74) is 15.9. The van der Waals surface area contributed by atoms with E-state index in [1.165, 1.54) is 30.3 Å². The molecule has 82 heavy (non-hydrogen) atoms. The number of nitrogens with one attached hydrogen (secondary N) is 5. The van der Waals surface area contributed by atoms with Gasteiger partial charge in [0.1, 0.15) is 27.8 Å². The van der Waals surface area contributed by atoms with Gasteiger partial charge in [-0.05, 0) is 114 Å².